The average Bonchev–Trinajstić information content (AvgIpc) is 4.10. The average molecular weight is 937 g/mol. The summed E-state index contributed by atoms with van der Waals surface area (Å²) in [5.74, 6) is 0.885. The molecule has 67 heavy (non-hydrogen) atoms. The molecule has 1 unspecified atom stereocenters. The molecule has 2 aliphatic heterocycles. The molecule has 346 valence electrons. The Kier molecular flexibility index (Phi) is 13.8. The van der Waals surface area contributed by atoms with Crippen LogP contribution in [-0.2, 0) is 30.7 Å². The lowest BCUT2D eigenvalue weighted by Gasteiger charge is -2.37. The third-order valence-electron chi connectivity index (χ3n) is 13.1. The number of hydrogen-bond acceptors (Lipinski definition) is 10. The van der Waals surface area contributed by atoms with Crippen LogP contribution in [0.4, 0.5) is 5.95 Å². The minimum absolute atomic E-state index is 0.0454. The van der Waals surface area contributed by atoms with Crippen LogP contribution < -0.4 is 30.7 Å². The summed E-state index contributed by atoms with van der Waals surface area (Å²) in [6.07, 6.45) is 2.94. The van der Waals surface area contributed by atoms with E-state index in [1.807, 2.05) is 66.7 Å². The van der Waals surface area contributed by atoms with Crippen LogP contribution in [0.15, 0.2) is 151 Å². The van der Waals surface area contributed by atoms with Crippen molar-refractivity contribution in [2.75, 3.05) is 32.7 Å². The number of amides is 1. The smallest absolute Gasteiger partial charge is 0.280 e. The second-order valence-corrected chi connectivity index (χ2v) is 23.3. The van der Waals surface area contributed by atoms with Gasteiger partial charge in [0.15, 0.2) is 11.2 Å². The number of carbonyl (C=O) groups excluding carboxylic acids is 1. The van der Waals surface area contributed by atoms with E-state index in [0.717, 1.165) is 53.6 Å². The maximum Gasteiger partial charge on any atom is 0.280 e. The summed E-state index contributed by atoms with van der Waals surface area (Å²) < 4.78 is 37.5. The maximum absolute atomic E-state index is 13.4. The molecule has 2 fully saturated rings. The second-order valence-electron chi connectivity index (χ2n) is 17.7. The van der Waals surface area contributed by atoms with Crippen molar-refractivity contribution in [3.8, 4) is 11.5 Å². The molecular weight excluding hydrogens is 880 g/mol. The molecule has 4 heterocycles. The fraction of sp³-hybridized carbons (Fsp3) is 0.308. The van der Waals surface area contributed by atoms with Gasteiger partial charge in [-0.3, -0.25) is 19.9 Å². The second kappa shape index (κ2) is 20.1. The van der Waals surface area contributed by atoms with Gasteiger partial charge in [-0.15, -0.1) is 0 Å². The van der Waals surface area contributed by atoms with E-state index < -0.39 is 33.9 Å². The van der Waals surface area contributed by atoms with Crippen molar-refractivity contribution in [1.29, 1.82) is 0 Å². The number of benzene rings is 5. The van der Waals surface area contributed by atoms with Gasteiger partial charge < -0.3 is 27.8 Å². The lowest BCUT2D eigenvalue weighted by Crippen LogP contribution is -2.58. The first-order chi connectivity index (χ1) is 32.6. The predicted octanol–water partition coefficient (Wildman–Crippen LogP) is 8.11. The molecule has 15 heteroatoms. The molecule has 0 saturated carbocycles. The highest BCUT2D eigenvalue weighted by molar-refractivity contribution is 7.45. The van der Waals surface area contributed by atoms with Crippen LogP contribution >= 0.6 is 8.53 Å². The minimum atomic E-state index is -2.30. The summed E-state index contributed by atoms with van der Waals surface area (Å²) in [5, 5.41) is 5.48. The van der Waals surface area contributed by atoms with Crippen molar-refractivity contribution >= 4 is 50.0 Å². The lowest BCUT2D eigenvalue weighted by atomic mass is 9.80. The molecular formula is C52H57N6O7PSi. The van der Waals surface area contributed by atoms with Gasteiger partial charge in [0.25, 0.3) is 14.1 Å². The lowest BCUT2D eigenvalue weighted by molar-refractivity contribution is -0.118. The van der Waals surface area contributed by atoms with E-state index in [4.69, 9.17) is 28.2 Å². The number of methoxy groups -OCH3 is 2. The number of hydrogen-bond donors (Lipinski definition) is 2. The number of nitrogens with one attached hydrogen (secondary N) is 2. The fourth-order valence-corrected chi connectivity index (χ4v) is 15.3. The van der Waals surface area contributed by atoms with Crippen LogP contribution in [0.25, 0.3) is 11.2 Å². The van der Waals surface area contributed by atoms with Gasteiger partial charge >= 0.3 is 0 Å². The van der Waals surface area contributed by atoms with Gasteiger partial charge in [-0.1, -0.05) is 146 Å². The summed E-state index contributed by atoms with van der Waals surface area (Å²) in [6.45, 7) is 7.15. The molecule has 13 nitrogen and oxygen atoms in total. The highest BCUT2D eigenvalue weighted by Crippen LogP contribution is 2.58. The van der Waals surface area contributed by atoms with Crippen molar-refractivity contribution in [1.82, 2.24) is 24.2 Å². The Balaban J connectivity index is 1.11. The van der Waals surface area contributed by atoms with E-state index in [1.54, 1.807) is 39.0 Å². The molecule has 4 atom stereocenters. The number of nitrogens with zero attached hydrogens (tertiary/aromatic N) is 4. The highest BCUT2D eigenvalue weighted by Gasteiger charge is 2.51. The van der Waals surface area contributed by atoms with E-state index in [1.165, 1.54) is 10.4 Å². The first-order valence-corrected chi connectivity index (χ1v) is 26.7. The van der Waals surface area contributed by atoms with Gasteiger partial charge in [0, 0.05) is 18.5 Å². The van der Waals surface area contributed by atoms with Crippen molar-refractivity contribution in [3.05, 3.63) is 173 Å². The number of carbonyl (C=O) groups is 1. The number of imidazole rings is 1. The summed E-state index contributed by atoms with van der Waals surface area (Å²) in [5.41, 5.74) is 1.51. The topological polar surface area (TPSA) is 142 Å². The molecule has 1 amide bonds. The van der Waals surface area contributed by atoms with E-state index in [-0.39, 0.29) is 48.6 Å². The SMILES string of the molecule is COc1ccc(C(OCC(Cn2cnc3c(=O)[nH]c(NC(=O)C(C)C)nc32)O[P@@]2O[C@H](C[Si](C)(c3ccccc3)c3ccccc3)[C@@H]3CCCN32)(c2ccccc2)c2ccc(OC)cc2)cc1. The fourth-order valence-electron chi connectivity index (χ4n) is 9.44. The third kappa shape index (κ3) is 9.47. The van der Waals surface area contributed by atoms with Crippen LogP contribution in [0.5, 0.6) is 11.5 Å². The van der Waals surface area contributed by atoms with E-state index in [0.29, 0.717) is 5.65 Å². The van der Waals surface area contributed by atoms with Gasteiger partial charge in [-0.2, -0.15) is 4.98 Å². The van der Waals surface area contributed by atoms with Crippen LogP contribution in [0.1, 0.15) is 43.4 Å². The van der Waals surface area contributed by atoms with Crippen LogP contribution in [0.2, 0.25) is 12.6 Å². The molecule has 7 aromatic rings. The first-order valence-electron chi connectivity index (χ1n) is 22.9. The Hall–Kier alpha value is -5.99. The largest absolute Gasteiger partial charge is 0.497 e. The summed E-state index contributed by atoms with van der Waals surface area (Å²) in [6, 6.07) is 48.9. The van der Waals surface area contributed by atoms with Gasteiger partial charge in [0.1, 0.15) is 31.3 Å². The van der Waals surface area contributed by atoms with Crippen molar-refractivity contribution in [2.24, 2.45) is 5.92 Å². The predicted molar refractivity (Wildman–Crippen MR) is 265 cm³/mol. The summed E-state index contributed by atoms with van der Waals surface area (Å²) in [7, 11) is -0.564. The molecule has 0 bridgehead atoms. The number of aromatic amines is 1. The molecule has 9 rings (SSSR count). The summed E-state index contributed by atoms with van der Waals surface area (Å²) in [4.78, 5) is 38.1. The van der Waals surface area contributed by atoms with Crippen LogP contribution in [0, 0.1) is 5.92 Å². The van der Waals surface area contributed by atoms with Crippen molar-refractivity contribution < 1.29 is 28.1 Å². The van der Waals surface area contributed by atoms with E-state index >= 15 is 0 Å². The maximum atomic E-state index is 13.4. The standard InChI is InChI=1S/C52H57N6O7PSi/c1-36(2)49(59)55-51-54-48-47(50(60)56-51)53-35-57(48)32-42(33-63-52(37-16-9-6-10-17-37,38-23-27-40(61-3)28-24-38)39-25-29-41(62-4)30-26-39)64-66-58-31-15-22-45(58)46(65-66)34-67(5,43-18-11-7-12-19-43)44-20-13-8-14-21-44/h6-14,16-21,23-30,35-36,42,45-46H,15,22,31-34H2,1-5H3,(H2,54,55,56,59,60)/t42?,45-,46+,66-/m0/s1. The van der Waals surface area contributed by atoms with Crippen molar-refractivity contribution in [3.63, 3.8) is 0 Å². The first kappa shape index (κ1) is 46.1. The molecule has 0 aliphatic carbocycles. The Morgan fingerprint density at radius 2 is 1.42 bits per heavy atom. The number of ether oxygens (including phenoxy) is 3. The molecule has 2 saturated heterocycles. The Labute approximate surface area is 393 Å². The molecule has 5 aromatic carbocycles. The van der Waals surface area contributed by atoms with Crippen LogP contribution in [-0.4, -0.2) is 83.8 Å². The quantitative estimate of drug-likeness (QED) is 0.0493. The minimum Gasteiger partial charge on any atom is -0.497 e. The molecule has 0 spiro atoms. The molecule has 2 N–H and O–H groups in total. The summed E-state index contributed by atoms with van der Waals surface area (Å²) >= 11 is 0. The normalized spacial score (nSPS) is 18.0. The van der Waals surface area contributed by atoms with Crippen LogP contribution in [0.3, 0.4) is 0 Å². The van der Waals surface area contributed by atoms with Crippen molar-refractivity contribution in [2.45, 2.75) is 69.7 Å². The Morgan fingerprint density at radius 1 is 0.851 bits per heavy atom. The number of fused-ring (bicyclic) bond motifs is 2. The monoisotopic (exact) mass is 936 g/mol. The molecule has 0 radical (unpaired) electrons. The number of rotatable bonds is 18. The zero-order valence-corrected chi connectivity index (χ0v) is 40.4. The highest BCUT2D eigenvalue weighted by atomic mass is 31.2. The van der Waals surface area contributed by atoms with Gasteiger partial charge in [0.05, 0.1) is 39.8 Å². The molecule has 2 aromatic heterocycles. The number of anilines is 1. The Morgan fingerprint density at radius 3 is 1.99 bits per heavy atom. The zero-order chi connectivity index (χ0) is 46.5. The molecule has 2 aliphatic rings. The van der Waals surface area contributed by atoms with E-state index in [9.17, 15) is 9.59 Å². The Bertz CT molecular complexity index is 2730. The number of H-pyrrole nitrogens is 1. The van der Waals surface area contributed by atoms with Gasteiger partial charge in [0.2, 0.25) is 11.9 Å². The van der Waals surface area contributed by atoms with Gasteiger partial charge in [-0.05, 0) is 59.8 Å². The zero-order valence-electron chi connectivity index (χ0n) is 38.5. The van der Waals surface area contributed by atoms with Gasteiger partial charge in [-0.25, -0.2) is 9.65 Å². The van der Waals surface area contributed by atoms with E-state index in [2.05, 4.69) is 99.3 Å². The number of aromatic nitrogens is 4. The third-order valence-corrected chi connectivity index (χ3v) is 19.4.